The van der Waals surface area contributed by atoms with Crippen LogP contribution >= 0.6 is 0 Å². The van der Waals surface area contributed by atoms with E-state index >= 15 is 0 Å². The molecule has 0 saturated heterocycles. The third-order valence-corrected chi connectivity index (χ3v) is 4.34. The van der Waals surface area contributed by atoms with Crippen molar-refractivity contribution in [3.8, 4) is 0 Å². The van der Waals surface area contributed by atoms with Crippen molar-refractivity contribution in [1.29, 1.82) is 0 Å². The van der Waals surface area contributed by atoms with Crippen LogP contribution in [-0.2, 0) is 18.4 Å². The molecule has 3 rings (SSSR count). The maximum atomic E-state index is 12.2. The normalized spacial score (nSPS) is 14.1. The Labute approximate surface area is 157 Å². The second kappa shape index (κ2) is 8.43. The van der Waals surface area contributed by atoms with Gasteiger partial charge < -0.3 is 14.8 Å². The average Bonchev–Trinajstić information content (AvgIpc) is 3.08. The fourth-order valence-electron chi connectivity index (χ4n) is 2.75. The Kier molecular flexibility index (Phi) is 5.80. The van der Waals surface area contributed by atoms with Gasteiger partial charge in [0.1, 0.15) is 6.33 Å². The molecule has 1 aromatic carbocycles. The number of aromatic nitrogens is 3. The average molecular weight is 369 g/mol. The number of nitrogens with zero attached hydrogens (tertiary/aromatic N) is 6. The van der Waals surface area contributed by atoms with E-state index in [9.17, 15) is 9.59 Å². The topological polar surface area (TPSA) is 95.7 Å². The van der Waals surface area contributed by atoms with Gasteiger partial charge in [0.05, 0.1) is 18.8 Å². The Bertz CT molecular complexity index is 831. The van der Waals surface area contributed by atoms with E-state index < -0.39 is 0 Å². The molecule has 0 spiro atoms. The molecule has 27 heavy (non-hydrogen) atoms. The molecule has 3 amide bonds. The highest BCUT2D eigenvalue weighted by Crippen LogP contribution is 2.14. The minimum Gasteiger partial charge on any atom is -0.336 e. The van der Waals surface area contributed by atoms with Gasteiger partial charge in [-0.15, -0.1) is 10.2 Å². The summed E-state index contributed by atoms with van der Waals surface area (Å²) in [6, 6.07) is 9.57. The van der Waals surface area contributed by atoms with Crippen LogP contribution in [0.5, 0.6) is 0 Å². The molecular weight excluding hydrogens is 346 g/mol. The largest absolute Gasteiger partial charge is 0.336 e. The first-order chi connectivity index (χ1) is 13.0. The second-order valence-corrected chi connectivity index (χ2v) is 6.38. The van der Waals surface area contributed by atoms with Gasteiger partial charge in [0.15, 0.2) is 5.82 Å². The van der Waals surface area contributed by atoms with Crippen LogP contribution in [0.4, 0.5) is 4.79 Å². The lowest BCUT2D eigenvalue weighted by molar-refractivity contribution is -0.131. The number of rotatable bonds is 6. The summed E-state index contributed by atoms with van der Waals surface area (Å²) in [5, 5.41) is 16.5. The highest BCUT2D eigenvalue weighted by molar-refractivity contribution is 6.04. The summed E-state index contributed by atoms with van der Waals surface area (Å²) in [4.78, 5) is 25.8. The van der Waals surface area contributed by atoms with Crippen LogP contribution in [0.15, 0.2) is 41.8 Å². The van der Waals surface area contributed by atoms with Crippen molar-refractivity contribution >= 4 is 17.6 Å². The number of aryl methyl sites for hydroxylation is 1. The monoisotopic (exact) mass is 369 g/mol. The lowest BCUT2D eigenvalue weighted by Crippen LogP contribution is -2.42. The Morgan fingerprint density at radius 3 is 2.74 bits per heavy atom. The number of amides is 3. The number of nitrogens with one attached hydrogen (secondary N) is 1. The van der Waals surface area contributed by atoms with Gasteiger partial charge in [-0.05, 0) is 5.56 Å². The quantitative estimate of drug-likeness (QED) is 0.821. The van der Waals surface area contributed by atoms with E-state index in [0.717, 1.165) is 11.3 Å². The molecule has 9 heteroatoms. The molecule has 2 aromatic rings. The van der Waals surface area contributed by atoms with E-state index in [1.54, 1.807) is 17.9 Å². The van der Waals surface area contributed by atoms with Crippen molar-refractivity contribution < 1.29 is 9.59 Å². The fourth-order valence-corrected chi connectivity index (χ4v) is 2.75. The second-order valence-electron chi connectivity index (χ2n) is 6.38. The molecule has 0 aliphatic carbocycles. The molecule has 0 saturated carbocycles. The van der Waals surface area contributed by atoms with E-state index in [1.165, 1.54) is 9.91 Å². The van der Waals surface area contributed by atoms with Gasteiger partial charge in [0.25, 0.3) is 0 Å². The molecule has 142 valence electrons. The zero-order chi connectivity index (χ0) is 19.2. The van der Waals surface area contributed by atoms with Crippen molar-refractivity contribution in [3.05, 3.63) is 48.0 Å². The van der Waals surface area contributed by atoms with Crippen molar-refractivity contribution in [3.63, 3.8) is 0 Å². The van der Waals surface area contributed by atoms with Crippen LogP contribution < -0.4 is 5.32 Å². The standard InChI is InChI=1S/C18H23N7O2/c1-23(12-16-21-20-13-24(16)2)18(27)19-10-11-25-17(26)9-8-15(22-25)14-6-4-3-5-7-14/h3-7,13H,8-12H2,1-2H3,(H,19,27). The van der Waals surface area contributed by atoms with Gasteiger partial charge in [-0.25, -0.2) is 9.80 Å². The third kappa shape index (κ3) is 4.69. The van der Waals surface area contributed by atoms with Crippen LogP contribution in [0.3, 0.4) is 0 Å². The van der Waals surface area contributed by atoms with Gasteiger partial charge >= 0.3 is 6.03 Å². The summed E-state index contributed by atoms with van der Waals surface area (Å²) in [7, 11) is 3.51. The predicted octanol–water partition coefficient (Wildman–Crippen LogP) is 0.983. The van der Waals surface area contributed by atoms with E-state index in [2.05, 4.69) is 20.6 Å². The minimum atomic E-state index is -0.241. The summed E-state index contributed by atoms with van der Waals surface area (Å²) in [6.07, 6.45) is 2.64. The van der Waals surface area contributed by atoms with E-state index in [1.807, 2.05) is 37.4 Å². The summed E-state index contributed by atoms with van der Waals surface area (Å²) in [6.45, 7) is 0.999. The number of hydrogen-bond acceptors (Lipinski definition) is 5. The Morgan fingerprint density at radius 2 is 2.04 bits per heavy atom. The smallest absolute Gasteiger partial charge is 0.317 e. The zero-order valence-electron chi connectivity index (χ0n) is 15.5. The molecule has 1 aliphatic heterocycles. The first kappa shape index (κ1) is 18.6. The SMILES string of the molecule is CN(Cc1nncn1C)C(=O)NCCN1N=C(c2ccccc2)CCC1=O. The van der Waals surface area contributed by atoms with Gasteiger partial charge in [0, 0.05) is 33.5 Å². The van der Waals surface area contributed by atoms with Crippen molar-refractivity contribution in [1.82, 2.24) is 30.0 Å². The summed E-state index contributed by atoms with van der Waals surface area (Å²) < 4.78 is 1.76. The molecule has 1 aliphatic rings. The van der Waals surface area contributed by atoms with Gasteiger partial charge in [-0.1, -0.05) is 30.3 Å². The molecular formula is C18H23N7O2. The van der Waals surface area contributed by atoms with E-state index in [0.29, 0.717) is 38.3 Å². The predicted molar refractivity (Wildman–Crippen MR) is 99.8 cm³/mol. The molecule has 0 fully saturated rings. The Hall–Kier alpha value is -3.23. The van der Waals surface area contributed by atoms with Gasteiger partial charge in [0.2, 0.25) is 5.91 Å². The van der Waals surface area contributed by atoms with Gasteiger partial charge in [-0.3, -0.25) is 4.79 Å². The minimum absolute atomic E-state index is 0.0311. The van der Waals surface area contributed by atoms with Crippen LogP contribution in [0.25, 0.3) is 0 Å². The highest BCUT2D eigenvalue weighted by atomic mass is 16.2. The molecule has 0 atom stereocenters. The van der Waals surface area contributed by atoms with Crippen LogP contribution in [0.1, 0.15) is 24.2 Å². The zero-order valence-corrected chi connectivity index (χ0v) is 15.5. The first-order valence-corrected chi connectivity index (χ1v) is 8.79. The molecule has 0 radical (unpaired) electrons. The molecule has 0 unspecified atom stereocenters. The maximum Gasteiger partial charge on any atom is 0.317 e. The molecule has 1 N–H and O–H groups in total. The number of urea groups is 1. The van der Waals surface area contributed by atoms with E-state index in [4.69, 9.17) is 0 Å². The van der Waals surface area contributed by atoms with Crippen LogP contribution in [-0.4, -0.2) is 62.5 Å². The van der Waals surface area contributed by atoms with Crippen molar-refractivity contribution in [2.75, 3.05) is 20.1 Å². The number of benzene rings is 1. The summed E-state index contributed by atoms with van der Waals surface area (Å²) in [5.74, 6) is 0.660. The van der Waals surface area contributed by atoms with Crippen molar-refractivity contribution in [2.45, 2.75) is 19.4 Å². The fraction of sp³-hybridized carbons (Fsp3) is 0.389. The lowest BCUT2D eigenvalue weighted by Gasteiger charge is -2.24. The number of carbonyl (C=O) groups excluding carboxylic acids is 2. The Balaban J connectivity index is 1.52. The molecule has 0 bridgehead atoms. The maximum absolute atomic E-state index is 12.2. The summed E-state index contributed by atoms with van der Waals surface area (Å²) in [5.41, 5.74) is 1.91. The number of hydrazone groups is 1. The number of carbonyl (C=O) groups is 2. The summed E-state index contributed by atoms with van der Waals surface area (Å²) >= 11 is 0. The lowest BCUT2D eigenvalue weighted by atomic mass is 10.0. The molecule has 2 heterocycles. The van der Waals surface area contributed by atoms with Gasteiger partial charge in [-0.2, -0.15) is 5.10 Å². The molecule has 9 nitrogen and oxygen atoms in total. The van der Waals surface area contributed by atoms with Crippen LogP contribution in [0.2, 0.25) is 0 Å². The van der Waals surface area contributed by atoms with Crippen LogP contribution in [0, 0.1) is 0 Å². The third-order valence-electron chi connectivity index (χ3n) is 4.34. The Morgan fingerprint density at radius 1 is 1.26 bits per heavy atom. The first-order valence-electron chi connectivity index (χ1n) is 8.79. The van der Waals surface area contributed by atoms with E-state index in [-0.39, 0.29) is 11.9 Å². The molecule has 1 aromatic heterocycles. The number of hydrogen-bond donors (Lipinski definition) is 1. The van der Waals surface area contributed by atoms with Crippen molar-refractivity contribution in [2.24, 2.45) is 12.1 Å². The highest BCUT2D eigenvalue weighted by Gasteiger charge is 2.21.